The molecule has 6 nitrogen and oxygen atoms in total. The topological polar surface area (TPSA) is 57.2 Å². The van der Waals surface area contributed by atoms with Gasteiger partial charge in [0.15, 0.2) is 4.96 Å². The average Bonchev–Trinajstić information content (AvgIpc) is 3.42. The third-order valence-corrected chi connectivity index (χ3v) is 5.28. The van der Waals surface area contributed by atoms with E-state index in [1.54, 1.807) is 28.4 Å². The van der Waals surface area contributed by atoms with Crippen LogP contribution in [0, 0.1) is 0 Å². The molecule has 5 rings (SSSR count). The average molecular weight is 387 g/mol. The van der Waals surface area contributed by atoms with Crippen LogP contribution in [0.4, 0.5) is 0 Å². The number of nitrogens with zero attached hydrogens (tertiary/aromatic N) is 5. The van der Waals surface area contributed by atoms with Crippen molar-refractivity contribution in [3.63, 3.8) is 0 Å². The van der Waals surface area contributed by atoms with E-state index in [1.807, 2.05) is 47.6 Å². The Morgan fingerprint density at radius 1 is 1.00 bits per heavy atom. The van der Waals surface area contributed by atoms with Gasteiger partial charge in [-0.2, -0.15) is 0 Å². The summed E-state index contributed by atoms with van der Waals surface area (Å²) in [5, 5.41) is 6.48. The van der Waals surface area contributed by atoms with Gasteiger partial charge in [0, 0.05) is 49.0 Å². The van der Waals surface area contributed by atoms with E-state index in [9.17, 15) is 0 Å². The van der Waals surface area contributed by atoms with Crippen LogP contribution in [0.3, 0.4) is 0 Å². The Balaban J connectivity index is 1.33. The third kappa shape index (κ3) is 3.16. The molecule has 0 saturated carbocycles. The number of imidazole rings is 1. The van der Waals surface area contributed by atoms with Gasteiger partial charge in [0.1, 0.15) is 6.61 Å². The van der Waals surface area contributed by atoms with Gasteiger partial charge in [-0.25, -0.2) is 4.98 Å². The van der Waals surface area contributed by atoms with Crippen LogP contribution in [0.15, 0.2) is 72.8 Å². The highest BCUT2D eigenvalue weighted by molar-refractivity contribution is 7.15. The monoisotopic (exact) mass is 387 g/mol. The van der Waals surface area contributed by atoms with Gasteiger partial charge in [0.05, 0.1) is 11.3 Å². The standard InChI is InChI=1S/C21H17N5OS/c1-25-12-18(16-6-8-22-9-7-16)20(24-25)27-14-15-2-4-17(5-3-15)19-13-26-10-11-28-21(26)23-19/h2-13H,14H2,1H3. The van der Waals surface area contributed by atoms with Crippen molar-refractivity contribution in [1.29, 1.82) is 0 Å². The molecule has 0 radical (unpaired) electrons. The van der Waals surface area contributed by atoms with E-state index < -0.39 is 0 Å². The molecule has 5 aromatic rings. The summed E-state index contributed by atoms with van der Waals surface area (Å²) in [6, 6.07) is 12.2. The highest BCUT2D eigenvalue weighted by atomic mass is 32.1. The lowest BCUT2D eigenvalue weighted by molar-refractivity contribution is 0.292. The largest absolute Gasteiger partial charge is 0.471 e. The summed E-state index contributed by atoms with van der Waals surface area (Å²) < 4.78 is 9.81. The first-order valence-corrected chi connectivity index (χ1v) is 9.72. The molecule has 7 heteroatoms. The Kier molecular flexibility index (Phi) is 4.14. The number of aryl methyl sites for hydroxylation is 1. The lowest BCUT2D eigenvalue weighted by Gasteiger charge is -2.06. The Morgan fingerprint density at radius 2 is 1.82 bits per heavy atom. The molecule has 0 aliphatic carbocycles. The number of benzene rings is 1. The van der Waals surface area contributed by atoms with Crippen molar-refractivity contribution in [2.45, 2.75) is 6.61 Å². The van der Waals surface area contributed by atoms with E-state index >= 15 is 0 Å². The first-order valence-electron chi connectivity index (χ1n) is 8.84. The lowest BCUT2D eigenvalue weighted by atomic mass is 10.1. The predicted molar refractivity (Wildman–Crippen MR) is 109 cm³/mol. The number of aromatic nitrogens is 5. The third-order valence-electron chi connectivity index (χ3n) is 4.50. The minimum Gasteiger partial charge on any atom is -0.471 e. The second-order valence-corrected chi connectivity index (χ2v) is 7.34. The van der Waals surface area contributed by atoms with Gasteiger partial charge in [-0.05, 0) is 23.3 Å². The zero-order chi connectivity index (χ0) is 18.9. The predicted octanol–water partition coefficient (Wildman–Crippen LogP) is 4.44. The van der Waals surface area contributed by atoms with Gasteiger partial charge in [0.2, 0.25) is 5.88 Å². The Hall–Kier alpha value is -3.45. The van der Waals surface area contributed by atoms with Crippen LogP contribution < -0.4 is 4.74 Å². The van der Waals surface area contributed by atoms with Gasteiger partial charge >= 0.3 is 0 Å². The number of fused-ring (bicyclic) bond motifs is 1. The molecule has 4 heterocycles. The molecule has 0 aliphatic heterocycles. The Labute approximate surface area is 165 Å². The van der Waals surface area contributed by atoms with Gasteiger partial charge in [-0.15, -0.1) is 16.4 Å². The maximum atomic E-state index is 6.01. The first-order chi connectivity index (χ1) is 13.8. The molecule has 0 spiro atoms. The lowest BCUT2D eigenvalue weighted by Crippen LogP contribution is -1.98. The van der Waals surface area contributed by atoms with E-state index in [4.69, 9.17) is 4.74 Å². The molecule has 0 bridgehead atoms. The van der Waals surface area contributed by atoms with Gasteiger partial charge in [0.25, 0.3) is 0 Å². The minimum absolute atomic E-state index is 0.452. The highest BCUT2D eigenvalue weighted by Gasteiger charge is 2.12. The quantitative estimate of drug-likeness (QED) is 0.447. The molecule has 4 aromatic heterocycles. The SMILES string of the molecule is Cn1cc(-c2ccncc2)c(OCc2ccc(-c3cn4ccsc4n3)cc2)n1. The molecule has 0 N–H and O–H groups in total. The van der Waals surface area contributed by atoms with Crippen molar-refractivity contribution >= 4 is 16.3 Å². The second kappa shape index (κ2) is 6.94. The van der Waals surface area contributed by atoms with Crippen molar-refractivity contribution < 1.29 is 4.74 Å². The summed E-state index contributed by atoms with van der Waals surface area (Å²) in [5.74, 6) is 0.618. The summed E-state index contributed by atoms with van der Waals surface area (Å²) in [4.78, 5) is 9.72. The molecule has 0 fully saturated rings. The minimum atomic E-state index is 0.452. The number of ether oxygens (including phenoxy) is 1. The van der Waals surface area contributed by atoms with Crippen molar-refractivity contribution in [2.75, 3.05) is 0 Å². The van der Waals surface area contributed by atoms with Crippen LogP contribution >= 0.6 is 11.3 Å². The van der Waals surface area contributed by atoms with Crippen LogP contribution in [0.5, 0.6) is 5.88 Å². The van der Waals surface area contributed by atoms with Crippen LogP contribution in [-0.4, -0.2) is 24.1 Å². The number of pyridine rings is 1. The van der Waals surface area contributed by atoms with E-state index in [0.29, 0.717) is 12.5 Å². The fourth-order valence-corrected chi connectivity index (χ4v) is 3.79. The molecule has 0 unspecified atom stereocenters. The molecule has 0 saturated heterocycles. The van der Waals surface area contributed by atoms with Crippen LogP contribution in [-0.2, 0) is 13.7 Å². The Bertz CT molecular complexity index is 1190. The zero-order valence-corrected chi connectivity index (χ0v) is 16.0. The molecule has 0 atom stereocenters. The summed E-state index contributed by atoms with van der Waals surface area (Å²) >= 11 is 1.63. The fraction of sp³-hybridized carbons (Fsp3) is 0.0952. The van der Waals surface area contributed by atoms with Crippen LogP contribution in [0.2, 0.25) is 0 Å². The van der Waals surface area contributed by atoms with E-state index in [1.165, 1.54) is 0 Å². The van der Waals surface area contributed by atoms with E-state index in [2.05, 4.69) is 39.3 Å². The van der Waals surface area contributed by atoms with E-state index in [-0.39, 0.29) is 0 Å². The fourth-order valence-electron chi connectivity index (χ4n) is 3.09. The summed E-state index contributed by atoms with van der Waals surface area (Å²) in [6.07, 6.45) is 9.56. The number of rotatable bonds is 5. The van der Waals surface area contributed by atoms with Crippen molar-refractivity contribution in [3.05, 3.63) is 78.3 Å². The van der Waals surface area contributed by atoms with Gasteiger partial charge in [-0.1, -0.05) is 24.3 Å². The summed E-state index contributed by atoms with van der Waals surface area (Å²) in [6.45, 7) is 0.452. The molecule has 0 aliphatic rings. The number of hydrogen-bond acceptors (Lipinski definition) is 5. The van der Waals surface area contributed by atoms with Crippen molar-refractivity contribution in [1.82, 2.24) is 24.1 Å². The molecular weight excluding hydrogens is 370 g/mol. The molecule has 1 aromatic carbocycles. The molecule has 28 heavy (non-hydrogen) atoms. The first kappa shape index (κ1) is 16.7. The van der Waals surface area contributed by atoms with Crippen LogP contribution in [0.1, 0.15) is 5.56 Å². The van der Waals surface area contributed by atoms with Gasteiger partial charge < -0.3 is 4.74 Å². The molecule has 0 amide bonds. The highest BCUT2D eigenvalue weighted by Crippen LogP contribution is 2.29. The maximum absolute atomic E-state index is 6.01. The summed E-state index contributed by atoms with van der Waals surface area (Å²) in [7, 11) is 1.89. The second-order valence-electron chi connectivity index (χ2n) is 6.46. The number of thiazole rings is 1. The van der Waals surface area contributed by atoms with Gasteiger partial charge in [-0.3, -0.25) is 14.1 Å². The van der Waals surface area contributed by atoms with E-state index in [0.717, 1.165) is 32.9 Å². The Morgan fingerprint density at radius 3 is 2.61 bits per heavy atom. The maximum Gasteiger partial charge on any atom is 0.241 e. The smallest absolute Gasteiger partial charge is 0.241 e. The normalized spacial score (nSPS) is 11.2. The van der Waals surface area contributed by atoms with Crippen molar-refractivity contribution in [2.24, 2.45) is 7.05 Å². The molecular formula is C21H17N5OS. The molecule has 138 valence electrons. The van der Waals surface area contributed by atoms with Crippen molar-refractivity contribution in [3.8, 4) is 28.3 Å². The zero-order valence-electron chi connectivity index (χ0n) is 15.2. The number of hydrogen-bond donors (Lipinski definition) is 0. The summed E-state index contributed by atoms with van der Waals surface area (Å²) in [5.41, 5.74) is 5.14. The van der Waals surface area contributed by atoms with Crippen LogP contribution in [0.25, 0.3) is 27.3 Å².